The second-order valence-electron chi connectivity index (χ2n) is 1.39. The van der Waals surface area contributed by atoms with Crippen molar-refractivity contribution < 1.29 is 0 Å². The molecule has 0 aliphatic heterocycles. The molecule has 1 aromatic rings. The number of nitrogen functional groups attached to an aromatic ring is 1. The van der Waals surface area contributed by atoms with Crippen LogP contribution in [-0.2, 0) is 0 Å². The Kier molecular flexibility index (Phi) is 5.42. The molecule has 1 heterocycles. The lowest BCUT2D eigenvalue weighted by Gasteiger charge is -1.93. The van der Waals surface area contributed by atoms with Crippen molar-refractivity contribution in [3.63, 3.8) is 0 Å². The molecule has 0 spiro atoms. The van der Waals surface area contributed by atoms with Crippen molar-refractivity contribution in [3.05, 3.63) is 17.3 Å². The summed E-state index contributed by atoms with van der Waals surface area (Å²) in [5, 5.41) is 7.46. The van der Waals surface area contributed by atoms with Crippen molar-refractivity contribution in [2.75, 3.05) is 5.43 Å². The molecule has 0 aromatic carbocycles. The first-order valence-electron chi connectivity index (χ1n) is 3.29. The monoisotopic (exact) mass is 174 g/mol. The van der Waals surface area contributed by atoms with Gasteiger partial charge in [0.2, 0.25) is 0 Å². The molecular formula is C6H11ClN4. The van der Waals surface area contributed by atoms with Crippen molar-refractivity contribution in [2.45, 2.75) is 13.8 Å². The molecule has 62 valence electrons. The second kappa shape index (κ2) is 5.88. The van der Waals surface area contributed by atoms with Crippen LogP contribution in [0.4, 0.5) is 5.82 Å². The van der Waals surface area contributed by atoms with E-state index in [-0.39, 0.29) is 0 Å². The minimum Gasteiger partial charge on any atom is -0.307 e. The number of hydrazine groups is 1. The predicted molar refractivity (Wildman–Crippen MR) is 46.2 cm³/mol. The number of rotatable bonds is 1. The fourth-order valence-corrected chi connectivity index (χ4v) is 0.494. The Hall–Kier alpha value is -0.870. The number of hydrogen-bond donors (Lipinski definition) is 2. The van der Waals surface area contributed by atoms with Crippen LogP contribution in [0.2, 0.25) is 5.15 Å². The summed E-state index contributed by atoms with van der Waals surface area (Å²) in [7, 11) is 0. The summed E-state index contributed by atoms with van der Waals surface area (Å²) in [6.45, 7) is 4.00. The summed E-state index contributed by atoms with van der Waals surface area (Å²) >= 11 is 5.43. The number of nitrogens with one attached hydrogen (secondary N) is 1. The maximum absolute atomic E-state index is 5.43. The number of aromatic nitrogens is 2. The third-order valence-corrected chi connectivity index (χ3v) is 0.981. The maximum atomic E-state index is 5.43. The van der Waals surface area contributed by atoms with E-state index in [0.29, 0.717) is 11.0 Å². The molecule has 0 aliphatic rings. The number of nitrogens with zero attached hydrogens (tertiary/aromatic N) is 2. The topological polar surface area (TPSA) is 63.8 Å². The van der Waals surface area contributed by atoms with Crippen LogP contribution in [0.25, 0.3) is 0 Å². The van der Waals surface area contributed by atoms with Gasteiger partial charge in [0.25, 0.3) is 0 Å². The highest BCUT2D eigenvalue weighted by atomic mass is 35.5. The Labute approximate surface area is 70.7 Å². The zero-order valence-electron chi connectivity index (χ0n) is 6.50. The Balaban J connectivity index is 0.000000461. The fourth-order valence-electron chi connectivity index (χ4n) is 0.393. The van der Waals surface area contributed by atoms with E-state index < -0.39 is 0 Å². The molecule has 0 fully saturated rings. The predicted octanol–water partition coefficient (Wildman–Crippen LogP) is 1.44. The van der Waals surface area contributed by atoms with Crippen molar-refractivity contribution in [1.29, 1.82) is 0 Å². The van der Waals surface area contributed by atoms with E-state index in [0.717, 1.165) is 0 Å². The van der Waals surface area contributed by atoms with Gasteiger partial charge in [-0.15, -0.1) is 10.2 Å². The van der Waals surface area contributed by atoms with Gasteiger partial charge in [0.1, 0.15) is 0 Å². The highest BCUT2D eigenvalue weighted by molar-refractivity contribution is 6.29. The first-order valence-corrected chi connectivity index (χ1v) is 3.66. The van der Waals surface area contributed by atoms with Crippen LogP contribution in [-0.4, -0.2) is 10.2 Å². The highest BCUT2D eigenvalue weighted by Gasteiger charge is 1.89. The summed E-state index contributed by atoms with van der Waals surface area (Å²) in [5.41, 5.74) is 2.32. The molecule has 1 aromatic heterocycles. The van der Waals surface area contributed by atoms with E-state index in [1.807, 2.05) is 13.8 Å². The summed E-state index contributed by atoms with van der Waals surface area (Å²) in [6, 6.07) is 3.24. The number of hydrogen-bond acceptors (Lipinski definition) is 4. The van der Waals surface area contributed by atoms with Gasteiger partial charge >= 0.3 is 0 Å². The van der Waals surface area contributed by atoms with Gasteiger partial charge in [-0.3, -0.25) is 0 Å². The third-order valence-electron chi connectivity index (χ3n) is 0.780. The average Bonchev–Trinajstić information content (AvgIpc) is 2.10. The molecular weight excluding hydrogens is 164 g/mol. The first kappa shape index (κ1) is 10.1. The van der Waals surface area contributed by atoms with Gasteiger partial charge < -0.3 is 5.43 Å². The average molecular weight is 175 g/mol. The third kappa shape index (κ3) is 3.75. The molecule has 0 aliphatic carbocycles. The van der Waals surface area contributed by atoms with E-state index >= 15 is 0 Å². The minimum atomic E-state index is 0.356. The van der Waals surface area contributed by atoms with Crippen LogP contribution < -0.4 is 11.3 Å². The largest absolute Gasteiger partial charge is 0.307 e. The smallest absolute Gasteiger partial charge is 0.162 e. The van der Waals surface area contributed by atoms with Gasteiger partial charge in [-0.25, -0.2) is 5.84 Å². The van der Waals surface area contributed by atoms with Crippen LogP contribution in [0.3, 0.4) is 0 Å². The molecule has 4 nitrogen and oxygen atoms in total. The minimum absolute atomic E-state index is 0.356. The van der Waals surface area contributed by atoms with Gasteiger partial charge in [0.15, 0.2) is 11.0 Å². The van der Waals surface area contributed by atoms with Gasteiger partial charge in [0, 0.05) is 0 Å². The molecule has 0 atom stereocenters. The van der Waals surface area contributed by atoms with Gasteiger partial charge in [-0.05, 0) is 12.1 Å². The Morgan fingerprint density at radius 2 is 2.00 bits per heavy atom. The zero-order valence-corrected chi connectivity index (χ0v) is 7.26. The fraction of sp³-hybridized carbons (Fsp3) is 0.333. The van der Waals surface area contributed by atoms with Crippen molar-refractivity contribution in [2.24, 2.45) is 5.84 Å². The van der Waals surface area contributed by atoms with E-state index in [4.69, 9.17) is 17.4 Å². The second-order valence-corrected chi connectivity index (χ2v) is 1.77. The van der Waals surface area contributed by atoms with Crippen molar-refractivity contribution in [1.82, 2.24) is 10.2 Å². The van der Waals surface area contributed by atoms with Crippen LogP contribution >= 0.6 is 11.6 Å². The van der Waals surface area contributed by atoms with E-state index in [1.165, 1.54) is 0 Å². The maximum Gasteiger partial charge on any atom is 0.162 e. The molecule has 3 N–H and O–H groups in total. The molecule has 0 saturated heterocycles. The van der Waals surface area contributed by atoms with E-state index in [9.17, 15) is 0 Å². The molecule has 5 heteroatoms. The van der Waals surface area contributed by atoms with Crippen LogP contribution in [0.1, 0.15) is 13.8 Å². The Morgan fingerprint density at radius 3 is 2.36 bits per heavy atom. The van der Waals surface area contributed by atoms with Crippen LogP contribution in [0.15, 0.2) is 12.1 Å². The van der Waals surface area contributed by atoms with E-state index in [1.54, 1.807) is 12.1 Å². The van der Waals surface area contributed by atoms with Crippen molar-refractivity contribution in [3.8, 4) is 0 Å². The Morgan fingerprint density at radius 1 is 1.36 bits per heavy atom. The number of nitrogens with two attached hydrogens (primary N) is 1. The van der Waals surface area contributed by atoms with Crippen LogP contribution in [0.5, 0.6) is 0 Å². The summed E-state index contributed by atoms with van der Waals surface area (Å²) in [4.78, 5) is 0. The number of anilines is 1. The lowest BCUT2D eigenvalue weighted by molar-refractivity contribution is 1.02. The lowest BCUT2D eigenvalue weighted by Crippen LogP contribution is -2.08. The molecule has 0 radical (unpaired) electrons. The molecule has 1 rings (SSSR count). The zero-order chi connectivity index (χ0) is 8.69. The first-order chi connectivity index (χ1) is 5.33. The molecule has 0 amide bonds. The summed E-state index contributed by atoms with van der Waals surface area (Å²) in [6.07, 6.45) is 0. The lowest BCUT2D eigenvalue weighted by atomic mass is 10.5. The van der Waals surface area contributed by atoms with Gasteiger partial charge in [-0.1, -0.05) is 25.4 Å². The molecule has 0 saturated carbocycles. The number of halogens is 1. The van der Waals surface area contributed by atoms with Crippen molar-refractivity contribution >= 4 is 17.4 Å². The standard InChI is InChI=1S/C4H5ClN4.C2H6/c5-3-1-2-4(7-6)9-8-3;1-2/h1-2H,6H2,(H,7,9);1-2H3. The van der Waals surface area contributed by atoms with Gasteiger partial charge in [0.05, 0.1) is 0 Å². The summed E-state index contributed by atoms with van der Waals surface area (Å²) in [5.74, 6) is 5.50. The SMILES string of the molecule is CC.NNc1ccc(Cl)nn1. The van der Waals surface area contributed by atoms with E-state index in [2.05, 4.69) is 15.6 Å². The Bertz CT molecular complexity index is 186. The molecule has 0 bridgehead atoms. The summed E-state index contributed by atoms with van der Waals surface area (Å²) < 4.78 is 0. The quantitative estimate of drug-likeness (QED) is 0.500. The molecule has 0 unspecified atom stereocenters. The normalized spacial score (nSPS) is 8.00. The highest BCUT2D eigenvalue weighted by Crippen LogP contribution is 2.03. The van der Waals surface area contributed by atoms with Crippen LogP contribution in [0, 0.1) is 0 Å². The molecule has 11 heavy (non-hydrogen) atoms. The van der Waals surface area contributed by atoms with Gasteiger partial charge in [-0.2, -0.15) is 0 Å².